The number of hydrogen-bond acceptors (Lipinski definition) is 7. The Hall–Kier alpha value is -2.71. The van der Waals surface area contributed by atoms with E-state index in [0.717, 1.165) is 18.7 Å². The predicted molar refractivity (Wildman–Crippen MR) is 80.6 cm³/mol. The molecule has 0 atom stereocenters. The van der Waals surface area contributed by atoms with Crippen molar-refractivity contribution in [2.45, 2.75) is 25.7 Å². The van der Waals surface area contributed by atoms with Gasteiger partial charge in [0.1, 0.15) is 5.82 Å². The molecule has 0 unspecified atom stereocenters. The van der Waals surface area contributed by atoms with E-state index in [9.17, 15) is 10.1 Å². The van der Waals surface area contributed by atoms with E-state index < -0.39 is 0 Å². The van der Waals surface area contributed by atoms with Crippen LogP contribution in [-0.4, -0.2) is 38.2 Å². The van der Waals surface area contributed by atoms with Crippen molar-refractivity contribution in [3.05, 3.63) is 33.8 Å². The Bertz CT molecular complexity index is 691. The number of hydrogen-bond donors (Lipinski definition) is 2. The Balaban J connectivity index is 1.77. The molecule has 9 nitrogen and oxygen atoms in total. The molecule has 1 aliphatic heterocycles. The highest BCUT2D eigenvalue weighted by Gasteiger charge is 2.29. The maximum absolute atomic E-state index is 11.3. The Kier molecular flexibility index (Phi) is 3.61. The Morgan fingerprint density at radius 3 is 2.77 bits per heavy atom. The first-order valence-corrected chi connectivity index (χ1v) is 7.09. The molecule has 116 valence electrons. The molecule has 22 heavy (non-hydrogen) atoms. The number of nitrogens with two attached hydrogens (primary N) is 1. The van der Waals surface area contributed by atoms with Crippen LogP contribution in [0.1, 0.15) is 30.1 Å². The summed E-state index contributed by atoms with van der Waals surface area (Å²) in [4.78, 5) is 21.3. The molecule has 0 aliphatic carbocycles. The fourth-order valence-electron chi connectivity index (χ4n) is 2.83. The lowest BCUT2D eigenvalue weighted by atomic mass is 9.96. The number of nitro groups is 1. The molecule has 0 aromatic carbocycles. The number of H-pyrrole nitrogens is 1. The van der Waals surface area contributed by atoms with E-state index >= 15 is 0 Å². The lowest BCUT2D eigenvalue weighted by Crippen LogP contribution is -2.34. The van der Waals surface area contributed by atoms with Crippen molar-refractivity contribution in [1.29, 1.82) is 0 Å². The average molecular weight is 303 g/mol. The van der Waals surface area contributed by atoms with E-state index in [1.165, 1.54) is 0 Å². The Morgan fingerprint density at radius 2 is 2.18 bits per heavy atom. The number of aryl methyl sites for hydroxylation is 1. The summed E-state index contributed by atoms with van der Waals surface area (Å²) < 4.78 is 0. The third-order valence-electron chi connectivity index (χ3n) is 3.99. The maximum atomic E-state index is 11.3. The van der Waals surface area contributed by atoms with E-state index in [0.29, 0.717) is 24.5 Å². The van der Waals surface area contributed by atoms with Gasteiger partial charge in [-0.05, 0) is 25.8 Å². The molecular weight excluding hydrogens is 286 g/mol. The second-order valence-electron chi connectivity index (χ2n) is 5.40. The molecule has 0 amide bonds. The summed E-state index contributed by atoms with van der Waals surface area (Å²) in [5.74, 6) is 1.71. The van der Waals surface area contributed by atoms with Crippen LogP contribution in [0.2, 0.25) is 0 Å². The monoisotopic (exact) mass is 303 g/mol. The molecule has 0 saturated carbocycles. The first-order valence-electron chi connectivity index (χ1n) is 7.09. The predicted octanol–water partition coefficient (Wildman–Crippen LogP) is 1.38. The number of nitrogen functional groups attached to an aromatic ring is 1. The number of rotatable bonds is 3. The second-order valence-corrected chi connectivity index (χ2v) is 5.40. The number of nitrogens with zero attached hydrogens (tertiary/aromatic N) is 5. The average Bonchev–Trinajstić information content (AvgIpc) is 2.93. The molecule has 0 spiro atoms. The minimum Gasteiger partial charge on any atom is -0.367 e. The van der Waals surface area contributed by atoms with Crippen LogP contribution in [0.4, 0.5) is 17.5 Å². The van der Waals surface area contributed by atoms with E-state index in [4.69, 9.17) is 5.73 Å². The molecule has 3 heterocycles. The van der Waals surface area contributed by atoms with Crippen molar-refractivity contribution in [2.24, 2.45) is 0 Å². The summed E-state index contributed by atoms with van der Waals surface area (Å²) in [6.45, 7) is 3.10. The first kappa shape index (κ1) is 14.2. The summed E-state index contributed by atoms with van der Waals surface area (Å²) in [7, 11) is 0. The van der Waals surface area contributed by atoms with Gasteiger partial charge in [0.15, 0.2) is 0 Å². The number of nitrogens with one attached hydrogen (secondary N) is 1. The van der Waals surface area contributed by atoms with Crippen LogP contribution < -0.4 is 10.6 Å². The normalized spacial score (nSPS) is 16.0. The molecule has 1 fully saturated rings. The number of aromatic nitrogens is 4. The van der Waals surface area contributed by atoms with Gasteiger partial charge >= 0.3 is 5.69 Å². The van der Waals surface area contributed by atoms with E-state index in [-0.39, 0.29) is 22.5 Å². The summed E-state index contributed by atoms with van der Waals surface area (Å²) in [5.41, 5.74) is 6.24. The summed E-state index contributed by atoms with van der Waals surface area (Å²) in [6.07, 6.45) is 3.25. The lowest BCUT2D eigenvalue weighted by molar-refractivity contribution is -0.384. The summed E-state index contributed by atoms with van der Waals surface area (Å²) >= 11 is 0. The minimum atomic E-state index is -0.360. The smallest absolute Gasteiger partial charge is 0.314 e. The zero-order valence-corrected chi connectivity index (χ0v) is 12.2. The maximum Gasteiger partial charge on any atom is 0.314 e. The molecule has 3 rings (SSSR count). The standard InChI is InChI=1S/C13H17N7O2/c1-8-2-5-15-12(10(8)20(21)22)19-6-3-9(4-7-19)11-16-13(14)18-17-11/h2,5,9H,3-4,6-7H2,1H3,(H3,14,16,17,18). The van der Waals surface area contributed by atoms with Gasteiger partial charge in [-0.25, -0.2) is 4.98 Å². The zero-order valence-electron chi connectivity index (χ0n) is 12.2. The van der Waals surface area contributed by atoms with Crippen molar-refractivity contribution in [1.82, 2.24) is 20.2 Å². The molecule has 2 aromatic rings. The van der Waals surface area contributed by atoms with Gasteiger partial charge in [-0.15, -0.1) is 5.10 Å². The zero-order chi connectivity index (χ0) is 15.7. The van der Waals surface area contributed by atoms with Gasteiger partial charge in [0.2, 0.25) is 11.8 Å². The molecule has 1 aliphatic rings. The minimum absolute atomic E-state index is 0.0878. The molecular formula is C13H17N7O2. The number of pyridine rings is 1. The van der Waals surface area contributed by atoms with E-state index in [1.807, 2.05) is 4.90 Å². The third-order valence-corrected chi connectivity index (χ3v) is 3.99. The van der Waals surface area contributed by atoms with Gasteiger partial charge in [0.25, 0.3) is 0 Å². The number of anilines is 2. The van der Waals surface area contributed by atoms with Crippen LogP contribution in [0.15, 0.2) is 12.3 Å². The highest BCUT2D eigenvalue weighted by Crippen LogP contribution is 2.33. The largest absolute Gasteiger partial charge is 0.367 e. The van der Waals surface area contributed by atoms with Crippen LogP contribution in [0.5, 0.6) is 0 Å². The topological polar surface area (TPSA) is 127 Å². The Morgan fingerprint density at radius 1 is 1.45 bits per heavy atom. The molecule has 3 N–H and O–H groups in total. The fraction of sp³-hybridized carbons (Fsp3) is 0.462. The van der Waals surface area contributed by atoms with Crippen LogP contribution in [0.3, 0.4) is 0 Å². The van der Waals surface area contributed by atoms with Crippen LogP contribution in [0, 0.1) is 17.0 Å². The van der Waals surface area contributed by atoms with Crippen LogP contribution >= 0.6 is 0 Å². The SMILES string of the molecule is Cc1ccnc(N2CCC(c3nc(N)n[nH]3)CC2)c1[N+](=O)[O-]. The highest BCUT2D eigenvalue weighted by molar-refractivity contribution is 5.61. The molecule has 9 heteroatoms. The highest BCUT2D eigenvalue weighted by atomic mass is 16.6. The number of piperidine rings is 1. The van der Waals surface area contributed by atoms with Crippen LogP contribution in [0.25, 0.3) is 0 Å². The van der Waals surface area contributed by atoms with Gasteiger partial charge in [-0.3, -0.25) is 15.2 Å². The van der Waals surface area contributed by atoms with Crippen molar-refractivity contribution in [3.8, 4) is 0 Å². The Labute approximate surface area is 126 Å². The third kappa shape index (κ3) is 2.57. The molecule has 0 bridgehead atoms. The van der Waals surface area contributed by atoms with Crippen LogP contribution in [-0.2, 0) is 0 Å². The van der Waals surface area contributed by atoms with Gasteiger partial charge in [0.05, 0.1) is 4.92 Å². The lowest BCUT2D eigenvalue weighted by Gasteiger charge is -2.31. The van der Waals surface area contributed by atoms with Gasteiger partial charge in [0, 0.05) is 30.8 Å². The van der Waals surface area contributed by atoms with Crippen molar-refractivity contribution < 1.29 is 4.92 Å². The quantitative estimate of drug-likeness (QED) is 0.647. The first-order chi connectivity index (χ1) is 10.6. The molecule has 0 radical (unpaired) electrons. The summed E-state index contributed by atoms with van der Waals surface area (Å²) in [5, 5.41) is 18.0. The summed E-state index contributed by atoms with van der Waals surface area (Å²) in [6, 6.07) is 1.66. The van der Waals surface area contributed by atoms with Crippen molar-refractivity contribution in [3.63, 3.8) is 0 Å². The van der Waals surface area contributed by atoms with E-state index in [1.54, 1.807) is 19.2 Å². The van der Waals surface area contributed by atoms with Crippen molar-refractivity contribution in [2.75, 3.05) is 23.7 Å². The van der Waals surface area contributed by atoms with E-state index in [2.05, 4.69) is 20.2 Å². The van der Waals surface area contributed by atoms with Crippen molar-refractivity contribution >= 4 is 17.5 Å². The van der Waals surface area contributed by atoms with Gasteiger partial charge < -0.3 is 10.6 Å². The molecule has 2 aromatic heterocycles. The van der Waals surface area contributed by atoms with Gasteiger partial charge in [-0.2, -0.15) is 4.98 Å². The van der Waals surface area contributed by atoms with Gasteiger partial charge in [-0.1, -0.05) is 0 Å². The second kappa shape index (κ2) is 5.58. The molecule has 1 saturated heterocycles. The fourth-order valence-corrected chi connectivity index (χ4v) is 2.83. The number of aromatic amines is 1.